The first-order valence-corrected chi connectivity index (χ1v) is 11.1. The Bertz CT molecular complexity index is 773. The van der Waals surface area contributed by atoms with Gasteiger partial charge in [0.1, 0.15) is 0 Å². The SMILES string of the molecule is CC(=O)O[C@@]1(C(C)=O)CC[C@H]2C3CC(Cl)C4=CC(=O)CCC4(C)[C@H]3CCC21C. The Morgan fingerprint density at radius 1 is 1.11 bits per heavy atom. The number of carbonyl (C=O) groups is 3. The van der Waals surface area contributed by atoms with Crippen LogP contribution in [0, 0.1) is 28.6 Å². The maximum Gasteiger partial charge on any atom is 0.303 e. The summed E-state index contributed by atoms with van der Waals surface area (Å²) in [7, 11) is 0. The average Bonchev–Trinajstić information content (AvgIpc) is 2.90. The van der Waals surface area contributed by atoms with E-state index in [9.17, 15) is 14.4 Å². The molecular formula is C23H31ClO4. The second-order valence-corrected chi connectivity index (χ2v) is 10.6. The van der Waals surface area contributed by atoms with Gasteiger partial charge < -0.3 is 4.74 Å². The maximum absolute atomic E-state index is 12.8. The van der Waals surface area contributed by atoms with Crippen LogP contribution in [-0.2, 0) is 19.1 Å². The summed E-state index contributed by atoms with van der Waals surface area (Å²) in [6.45, 7) is 7.42. The van der Waals surface area contributed by atoms with Crippen LogP contribution >= 0.6 is 11.6 Å². The Morgan fingerprint density at radius 3 is 2.43 bits per heavy atom. The normalized spacial score (nSPS) is 47.5. The summed E-state index contributed by atoms with van der Waals surface area (Å²) >= 11 is 6.85. The number of allylic oxidation sites excluding steroid dienone is 1. The molecule has 0 aromatic carbocycles. The zero-order valence-electron chi connectivity index (χ0n) is 17.3. The van der Waals surface area contributed by atoms with Gasteiger partial charge in [-0.15, -0.1) is 11.6 Å². The number of carbonyl (C=O) groups excluding carboxylic acids is 3. The molecule has 0 spiro atoms. The molecule has 0 amide bonds. The van der Waals surface area contributed by atoms with Crippen molar-refractivity contribution in [3.8, 4) is 0 Å². The highest BCUT2D eigenvalue weighted by atomic mass is 35.5. The predicted octanol–water partition coefficient (Wildman–Crippen LogP) is 4.63. The molecule has 4 aliphatic carbocycles. The Labute approximate surface area is 172 Å². The molecule has 3 fully saturated rings. The van der Waals surface area contributed by atoms with Crippen molar-refractivity contribution >= 4 is 29.1 Å². The summed E-state index contributed by atoms with van der Waals surface area (Å²) in [6, 6.07) is 0. The Hall–Kier alpha value is -1.16. The van der Waals surface area contributed by atoms with E-state index in [0.717, 1.165) is 37.7 Å². The van der Waals surface area contributed by atoms with Gasteiger partial charge in [-0.25, -0.2) is 0 Å². The topological polar surface area (TPSA) is 60.4 Å². The van der Waals surface area contributed by atoms with Gasteiger partial charge in [0.2, 0.25) is 0 Å². The highest BCUT2D eigenvalue weighted by Gasteiger charge is 2.68. The van der Waals surface area contributed by atoms with Crippen LogP contribution in [0.3, 0.4) is 0 Å². The second kappa shape index (κ2) is 6.42. The van der Waals surface area contributed by atoms with Gasteiger partial charge in [-0.1, -0.05) is 13.8 Å². The first-order valence-electron chi connectivity index (χ1n) is 10.6. The van der Waals surface area contributed by atoms with Crippen molar-refractivity contribution in [1.82, 2.24) is 0 Å². The van der Waals surface area contributed by atoms with Crippen LogP contribution in [-0.4, -0.2) is 28.5 Å². The number of ether oxygens (including phenoxy) is 1. The number of alkyl halides is 1. The molecule has 0 saturated heterocycles. The summed E-state index contributed by atoms with van der Waals surface area (Å²) in [6.07, 6.45) is 7.48. The molecule has 0 radical (unpaired) electrons. The highest BCUT2D eigenvalue weighted by Crippen LogP contribution is 2.68. The average molecular weight is 407 g/mol. The van der Waals surface area contributed by atoms with Gasteiger partial charge in [0.15, 0.2) is 17.2 Å². The Kier molecular flexibility index (Phi) is 4.61. The molecule has 4 aliphatic rings. The molecule has 3 saturated carbocycles. The van der Waals surface area contributed by atoms with E-state index in [4.69, 9.17) is 16.3 Å². The fraction of sp³-hybridized carbons (Fsp3) is 0.783. The molecule has 0 N–H and O–H groups in total. The minimum atomic E-state index is -1.00. The van der Waals surface area contributed by atoms with Crippen LogP contribution in [0.5, 0.6) is 0 Å². The third-order valence-electron chi connectivity index (χ3n) is 8.94. The minimum Gasteiger partial charge on any atom is -0.451 e. The van der Waals surface area contributed by atoms with Crippen molar-refractivity contribution < 1.29 is 19.1 Å². The molecule has 0 aromatic rings. The number of Topliss-reactive ketones (excluding diaryl/α,β-unsaturated/α-hetero) is 1. The lowest BCUT2D eigenvalue weighted by Crippen LogP contribution is -2.59. The zero-order chi connectivity index (χ0) is 20.5. The molecule has 28 heavy (non-hydrogen) atoms. The molecule has 4 rings (SSSR count). The number of halogens is 1. The van der Waals surface area contributed by atoms with E-state index < -0.39 is 5.60 Å². The maximum atomic E-state index is 12.8. The summed E-state index contributed by atoms with van der Waals surface area (Å²) in [4.78, 5) is 36.7. The lowest BCUT2D eigenvalue weighted by Gasteiger charge is -2.60. The van der Waals surface area contributed by atoms with Crippen LogP contribution in [0.25, 0.3) is 0 Å². The van der Waals surface area contributed by atoms with Crippen molar-refractivity contribution in [1.29, 1.82) is 0 Å². The van der Waals surface area contributed by atoms with Gasteiger partial charge in [-0.2, -0.15) is 0 Å². The molecule has 0 bridgehead atoms. The highest BCUT2D eigenvalue weighted by molar-refractivity contribution is 6.23. The number of rotatable bonds is 2. The number of ketones is 2. The van der Waals surface area contributed by atoms with E-state index in [0.29, 0.717) is 30.6 Å². The lowest BCUT2D eigenvalue weighted by molar-refractivity contribution is -0.187. The van der Waals surface area contributed by atoms with Crippen molar-refractivity contribution in [2.24, 2.45) is 28.6 Å². The minimum absolute atomic E-state index is 0.0283. The molecule has 154 valence electrons. The number of hydrogen-bond donors (Lipinski definition) is 0. The zero-order valence-corrected chi connectivity index (χ0v) is 18.1. The third-order valence-corrected chi connectivity index (χ3v) is 9.36. The number of fused-ring (bicyclic) bond motifs is 5. The first kappa shape index (κ1) is 20.1. The third kappa shape index (κ3) is 2.52. The van der Waals surface area contributed by atoms with Crippen LogP contribution in [0.4, 0.5) is 0 Å². The molecule has 5 heteroatoms. The van der Waals surface area contributed by atoms with Crippen molar-refractivity contribution in [2.45, 2.75) is 83.6 Å². The molecule has 7 atom stereocenters. The first-order chi connectivity index (χ1) is 13.0. The van der Waals surface area contributed by atoms with Crippen LogP contribution in [0.1, 0.15) is 72.6 Å². The lowest BCUT2D eigenvalue weighted by atomic mass is 9.46. The Morgan fingerprint density at radius 2 is 1.79 bits per heavy atom. The summed E-state index contributed by atoms with van der Waals surface area (Å²) in [5, 5.41) is -0.126. The van der Waals surface area contributed by atoms with Gasteiger partial charge in [0, 0.05) is 18.8 Å². The van der Waals surface area contributed by atoms with Crippen molar-refractivity contribution in [3.63, 3.8) is 0 Å². The van der Waals surface area contributed by atoms with E-state index in [1.54, 1.807) is 6.92 Å². The van der Waals surface area contributed by atoms with Crippen LogP contribution < -0.4 is 0 Å². The largest absolute Gasteiger partial charge is 0.451 e. The molecule has 0 aromatic heterocycles. The quantitative estimate of drug-likeness (QED) is 0.495. The van der Waals surface area contributed by atoms with E-state index in [-0.39, 0.29) is 33.7 Å². The van der Waals surface area contributed by atoms with Crippen LogP contribution in [0.2, 0.25) is 0 Å². The van der Waals surface area contributed by atoms with E-state index >= 15 is 0 Å². The molecule has 0 aliphatic heterocycles. The van der Waals surface area contributed by atoms with Crippen LogP contribution in [0.15, 0.2) is 11.6 Å². The van der Waals surface area contributed by atoms with Gasteiger partial charge >= 0.3 is 5.97 Å². The summed E-state index contributed by atoms with van der Waals surface area (Å²) < 4.78 is 5.81. The monoisotopic (exact) mass is 406 g/mol. The fourth-order valence-electron chi connectivity index (χ4n) is 7.62. The smallest absolute Gasteiger partial charge is 0.303 e. The molecule has 4 nitrogen and oxygen atoms in total. The van der Waals surface area contributed by atoms with Crippen molar-refractivity contribution in [3.05, 3.63) is 11.6 Å². The fourth-order valence-corrected chi connectivity index (χ4v) is 8.14. The van der Waals surface area contributed by atoms with E-state index in [1.165, 1.54) is 6.92 Å². The van der Waals surface area contributed by atoms with Gasteiger partial charge in [0.05, 0.1) is 5.38 Å². The van der Waals surface area contributed by atoms with E-state index in [2.05, 4.69) is 13.8 Å². The predicted molar refractivity (Wildman–Crippen MR) is 107 cm³/mol. The molecular weight excluding hydrogens is 376 g/mol. The standard InChI is InChI=1S/C23H31ClO4/c1-13(25)23(28-14(2)26)10-7-18-16-12-20(24)19-11-15(27)5-8-21(19,3)17(16)6-9-22(18,23)4/h11,16-18,20H,5-10,12H2,1-4H3/t16?,17-,18-,20?,21?,22?,23+/m0/s1. The van der Waals surface area contributed by atoms with Gasteiger partial charge in [-0.3, -0.25) is 14.4 Å². The molecule has 4 unspecified atom stereocenters. The number of hydrogen-bond acceptors (Lipinski definition) is 4. The number of esters is 1. The summed E-state index contributed by atoms with van der Waals surface area (Å²) in [5.74, 6) is 0.976. The van der Waals surface area contributed by atoms with Gasteiger partial charge in [0.25, 0.3) is 0 Å². The summed E-state index contributed by atoms with van der Waals surface area (Å²) in [5.41, 5.74) is -0.251. The second-order valence-electron chi connectivity index (χ2n) is 10.0. The van der Waals surface area contributed by atoms with Gasteiger partial charge in [-0.05, 0) is 80.3 Å². The Balaban J connectivity index is 1.73. The van der Waals surface area contributed by atoms with Crippen molar-refractivity contribution in [2.75, 3.05) is 0 Å². The molecule has 0 heterocycles. The van der Waals surface area contributed by atoms with E-state index in [1.807, 2.05) is 6.08 Å².